The molecule has 9 heteroatoms. The summed E-state index contributed by atoms with van der Waals surface area (Å²) < 4.78 is 13.9. The Labute approximate surface area is 185 Å². The van der Waals surface area contributed by atoms with Crippen LogP contribution in [0.15, 0.2) is 24.3 Å². The van der Waals surface area contributed by atoms with Gasteiger partial charge in [0, 0.05) is 29.1 Å². The second-order valence-electron chi connectivity index (χ2n) is 8.14. The van der Waals surface area contributed by atoms with E-state index in [1.54, 1.807) is 0 Å². The van der Waals surface area contributed by atoms with Crippen LogP contribution in [-0.4, -0.2) is 48.1 Å². The largest absolute Gasteiger partial charge is 0.394 e. The van der Waals surface area contributed by atoms with Crippen molar-refractivity contribution in [3.8, 4) is 0 Å². The SMILES string of the molecule is O=C(/C=C/c1ccc(Cl)cc1F)N[C@@H](CC1CC1)C(=O)N[C@H](CO)C[C@@H]1CCNC1=O. The van der Waals surface area contributed by atoms with Crippen molar-refractivity contribution in [3.63, 3.8) is 0 Å². The maximum absolute atomic E-state index is 13.9. The number of hydrogen-bond donors (Lipinski definition) is 4. The Bertz CT molecular complexity index is 859. The van der Waals surface area contributed by atoms with E-state index in [-0.39, 0.29) is 29.0 Å². The van der Waals surface area contributed by atoms with Crippen molar-refractivity contribution in [2.24, 2.45) is 11.8 Å². The minimum absolute atomic E-state index is 0.0740. The molecule has 1 saturated heterocycles. The van der Waals surface area contributed by atoms with Crippen LogP contribution in [0, 0.1) is 17.7 Å². The van der Waals surface area contributed by atoms with E-state index in [2.05, 4.69) is 16.0 Å². The van der Waals surface area contributed by atoms with Crippen LogP contribution in [0.2, 0.25) is 5.02 Å². The highest BCUT2D eigenvalue weighted by Gasteiger charge is 2.32. The normalized spacial score (nSPS) is 20.4. The molecule has 1 aromatic rings. The fourth-order valence-electron chi connectivity index (χ4n) is 3.63. The van der Waals surface area contributed by atoms with Gasteiger partial charge in [0.15, 0.2) is 0 Å². The Hall–Kier alpha value is -2.45. The van der Waals surface area contributed by atoms with E-state index in [0.29, 0.717) is 31.7 Å². The van der Waals surface area contributed by atoms with E-state index in [9.17, 15) is 23.9 Å². The van der Waals surface area contributed by atoms with Crippen molar-refractivity contribution in [1.29, 1.82) is 0 Å². The summed E-state index contributed by atoms with van der Waals surface area (Å²) in [4.78, 5) is 36.9. The van der Waals surface area contributed by atoms with E-state index in [4.69, 9.17) is 11.6 Å². The topological polar surface area (TPSA) is 108 Å². The monoisotopic (exact) mass is 451 g/mol. The molecule has 2 aliphatic rings. The first kappa shape index (κ1) is 23.2. The zero-order valence-corrected chi connectivity index (χ0v) is 17.8. The zero-order valence-electron chi connectivity index (χ0n) is 17.1. The van der Waals surface area contributed by atoms with E-state index in [0.717, 1.165) is 18.9 Å². The first-order chi connectivity index (χ1) is 14.9. The van der Waals surface area contributed by atoms with Crippen LogP contribution in [0.25, 0.3) is 6.08 Å². The predicted molar refractivity (Wildman–Crippen MR) is 114 cm³/mol. The number of carbonyl (C=O) groups excluding carboxylic acids is 3. The van der Waals surface area contributed by atoms with Crippen LogP contribution >= 0.6 is 11.6 Å². The fraction of sp³-hybridized carbons (Fsp3) is 0.500. The maximum Gasteiger partial charge on any atom is 0.244 e. The van der Waals surface area contributed by atoms with Gasteiger partial charge >= 0.3 is 0 Å². The summed E-state index contributed by atoms with van der Waals surface area (Å²) in [7, 11) is 0. The fourth-order valence-corrected chi connectivity index (χ4v) is 3.79. The lowest BCUT2D eigenvalue weighted by Crippen LogP contribution is -2.51. The lowest BCUT2D eigenvalue weighted by Gasteiger charge is -2.23. The lowest BCUT2D eigenvalue weighted by atomic mass is 9.98. The number of rotatable bonds is 10. The third-order valence-electron chi connectivity index (χ3n) is 5.57. The summed E-state index contributed by atoms with van der Waals surface area (Å²) >= 11 is 5.72. The lowest BCUT2D eigenvalue weighted by molar-refractivity contribution is -0.128. The van der Waals surface area contributed by atoms with Crippen molar-refractivity contribution in [1.82, 2.24) is 16.0 Å². The summed E-state index contributed by atoms with van der Waals surface area (Å²) in [6, 6.07) is 2.79. The molecule has 3 atom stereocenters. The summed E-state index contributed by atoms with van der Waals surface area (Å²) in [6.07, 6.45) is 5.98. The molecule has 1 aromatic carbocycles. The van der Waals surface area contributed by atoms with Crippen LogP contribution in [-0.2, 0) is 14.4 Å². The predicted octanol–water partition coefficient (Wildman–Crippen LogP) is 1.78. The molecule has 168 valence electrons. The number of benzene rings is 1. The molecule has 1 aliphatic heterocycles. The van der Waals surface area contributed by atoms with E-state index in [1.807, 2.05) is 0 Å². The number of amides is 3. The Kier molecular flexibility index (Phi) is 8.03. The third kappa shape index (κ3) is 7.04. The third-order valence-corrected chi connectivity index (χ3v) is 5.81. The highest BCUT2D eigenvalue weighted by Crippen LogP contribution is 2.33. The highest BCUT2D eigenvalue weighted by molar-refractivity contribution is 6.30. The van der Waals surface area contributed by atoms with E-state index in [1.165, 1.54) is 24.3 Å². The number of nitrogens with one attached hydrogen (secondary N) is 3. The van der Waals surface area contributed by atoms with Gasteiger partial charge in [-0.3, -0.25) is 14.4 Å². The minimum atomic E-state index is -0.772. The molecule has 0 unspecified atom stereocenters. The van der Waals surface area contributed by atoms with Gasteiger partial charge in [-0.1, -0.05) is 30.5 Å². The Morgan fingerprint density at radius 2 is 2.03 bits per heavy atom. The number of carbonyl (C=O) groups is 3. The molecular formula is C22H27ClFN3O4. The van der Waals surface area contributed by atoms with Gasteiger partial charge in [-0.05, 0) is 43.4 Å². The molecule has 4 N–H and O–H groups in total. The van der Waals surface area contributed by atoms with Gasteiger partial charge in [-0.15, -0.1) is 0 Å². The maximum atomic E-state index is 13.9. The van der Waals surface area contributed by atoms with Crippen molar-refractivity contribution < 1.29 is 23.9 Å². The van der Waals surface area contributed by atoms with Gasteiger partial charge in [0.2, 0.25) is 17.7 Å². The molecule has 0 radical (unpaired) electrons. The van der Waals surface area contributed by atoms with Gasteiger partial charge in [0.05, 0.1) is 12.6 Å². The van der Waals surface area contributed by atoms with Gasteiger partial charge in [0.1, 0.15) is 11.9 Å². The van der Waals surface area contributed by atoms with E-state index >= 15 is 0 Å². The Morgan fingerprint density at radius 3 is 2.65 bits per heavy atom. The molecule has 1 aliphatic carbocycles. The molecule has 3 rings (SSSR count). The number of hydrogen-bond acceptors (Lipinski definition) is 4. The number of halogens is 2. The molecule has 0 bridgehead atoms. The van der Waals surface area contributed by atoms with Gasteiger partial charge in [0.25, 0.3) is 0 Å². The smallest absolute Gasteiger partial charge is 0.244 e. The van der Waals surface area contributed by atoms with Crippen molar-refractivity contribution >= 4 is 35.4 Å². The van der Waals surface area contributed by atoms with Crippen LogP contribution in [0.1, 0.15) is 37.7 Å². The number of aliphatic hydroxyl groups excluding tert-OH is 1. The molecule has 2 fully saturated rings. The second kappa shape index (κ2) is 10.7. The highest BCUT2D eigenvalue weighted by atomic mass is 35.5. The average molecular weight is 452 g/mol. The molecule has 7 nitrogen and oxygen atoms in total. The quantitative estimate of drug-likeness (QED) is 0.407. The van der Waals surface area contributed by atoms with Gasteiger partial charge in [-0.25, -0.2) is 4.39 Å². The average Bonchev–Trinajstić information content (AvgIpc) is 3.46. The first-order valence-corrected chi connectivity index (χ1v) is 10.9. The van der Waals surface area contributed by atoms with Crippen molar-refractivity contribution in [2.45, 2.75) is 44.2 Å². The number of aliphatic hydroxyl groups is 1. The summed E-state index contributed by atoms with van der Waals surface area (Å²) in [6.45, 7) is 0.297. The molecular weight excluding hydrogens is 425 g/mol. The molecule has 1 saturated carbocycles. The Morgan fingerprint density at radius 1 is 1.26 bits per heavy atom. The molecule has 31 heavy (non-hydrogen) atoms. The summed E-state index contributed by atoms with van der Waals surface area (Å²) in [5.41, 5.74) is 0.206. The zero-order chi connectivity index (χ0) is 22.4. The molecule has 1 heterocycles. The van der Waals surface area contributed by atoms with Crippen LogP contribution in [0.3, 0.4) is 0 Å². The molecule has 3 amide bonds. The van der Waals surface area contributed by atoms with Gasteiger partial charge in [-0.2, -0.15) is 0 Å². The van der Waals surface area contributed by atoms with Crippen LogP contribution in [0.5, 0.6) is 0 Å². The van der Waals surface area contributed by atoms with Crippen molar-refractivity contribution in [3.05, 3.63) is 40.7 Å². The first-order valence-electron chi connectivity index (χ1n) is 10.5. The minimum Gasteiger partial charge on any atom is -0.394 e. The molecule has 0 aromatic heterocycles. The van der Waals surface area contributed by atoms with Crippen LogP contribution in [0.4, 0.5) is 4.39 Å². The van der Waals surface area contributed by atoms with Crippen LogP contribution < -0.4 is 16.0 Å². The molecule has 0 spiro atoms. The standard InChI is InChI=1S/C22H27ClFN3O4/c23-16-5-3-14(18(24)11-16)4-6-20(29)27-19(9-13-1-2-13)22(31)26-17(12-28)10-15-7-8-25-21(15)30/h3-6,11,13,15,17,19,28H,1-2,7-10,12H2,(H,25,30)(H,26,31)(H,27,29)/b6-4+/t15-,17-,19-/m0/s1. The van der Waals surface area contributed by atoms with E-state index < -0.39 is 29.7 Å². The van der Waals surface area contributed by atoms with Gasteiger partial charge < -0.3 is 21.1 Å². The Balaban J connectivity index is 1.59. The summed E-state index contributed by atoms with van der Waals surface area (Å²) in [5, 5.41) is 18.1. The second-order valence-corrected chi connectivity index (χ2v) is 8.58. The summed E-state index contributed by atoms with van der Waals surface area (Å²) in [5.74, 6) is -1.43. The van der Waals surface area contributed by atoms with Crippen molar-refractivity contribution in [2.75, 3.05) is 13.2 Å².